The molecule has 1 aromatic rings. The van der Waals surface area contributed by atoms with Crippen LogP contribution in [0.5, 0.6) is 5.75 Å². The SMILES string of the molecule is CCOC(=O)[C@H]1C2CCC(CC2)N1S(=O)(=O)c1ccc(OC)cc1. The molecule has 0 aromatic heterocycles. The molecule has 0 spiro atoms. The molecule has 2 bridgehead atoms. The van der Waals surface area contributed by atoms with E-state index in [2.05, 4.69) is 0 Å². The molecule has 132 valence electrons. The average Bonchev–Trinajstić information content (AvgIpc) is 2.62. The highest BCUT2D eigenvalue weighted by Crippen LogP contribution is 2.43. The number of hydrogen-bond donors (Lipinski definition) is 0. The number of esters is 1. The van der Waals surface area contributed by atoms with E-state index in [1.807, 2.05) is 0 Å². The van der Waals surface area contributed by atoms with E-state index in [0.29, 0.717) is 5.75 Å². The highest BCUT2D eigenvalue weighted by Gasteiger charge is 2.51. The van der Waals surface area contributed by atoms with Gasteiger partial charge in [0, 0.05) is 6.04 Å². The highest BCUT2D eigenvalue weighted by molar-refractivity contribution is 7.89. The molecular weight excluding hydrogens is 330 g/mol. The van der Waals surface area contributed by atoms with Crippen LogP contribution >= 0.6 is 0 Å². The molecule has 4 rings (SSSR count). The summed E-state index contributed by atoms with van der Waals surface area (Å²) >= 11 is 0. The maximum Gasteiger partial charge on any atom is 0.324 e. The second-order valence-electron chi connectivity index (χ2n) is 6.28. The van der Waals surface area contributed by atoms with Gasteiger partial charge in [-0.15, -0.1) is 0 Å². The minimum absolute atomic E-state index is 0.0436. The predicted octanol–water partition coefficient (Wildman–Crippen LogP) is 2.19. The Bertz CT molecular complexity index is 692. The molecule has 2 saturated heterocycles. The number of ether oxygens (including phenoxy) is 2. The third-order valence-corrected chi connectivity index (χ3v) is 6.93. The summed E-state index contributed by atoms with van der Waals surface area (Å²) in [5, 5.41) is 0. The van der Waals surface area contributed by atoms with Gasteiger partial charge in [-0.3, -0.25) is 4.79 Å². The summed E-state index contributed by atoms with van der Waals surface area (Å²) < 4.78 is 38.0. The van der Waals surface area contributed by atoms with E-state index in [1.54, 1.807) is 19.1 Å². The zero-order valence-electron chi connectivity index (χ0n) is 14.0. The summed E-state index contributed by atoms with van der Waals surface area (Å²) in [5.74, 6) is 0.210. The van der Waals surface area contributed by atoms with Crippen LogP contribution in [0.3, 0.4) is 0 Å². The molecule has 1 aliphatic carbocycles. The van der Waals surface area contributed by atoms with Crippen molar-refractivity contribution in [3.63, 3.8) is 0 Å². The Labute approximate surface area is 142 Å². The lowest BCUT2D eigenvalue weighted by atomic mass is 9.76. The number of nitrogens with zero attached hydrogens (tertiary/aromatic N) is 1. The largest absolute Gasteiger partial charge is 0.497 e. The lowest BCUT2D eigenvalue weighted by Gasteiger charge is -2.48. The van der Waals surface area contributed by atoms with Crippen molar-refractivity contribution in [2.75, 3.05) is 13.7 Å². The standard InChI is InChI=1S/C17H23NO5S/c1-3-23-17(19)16-12-4-6-13(7-5-12)18(16)24(20,21)15-10-8-14(22-2)9-11-15/h8-13,16H,3-7H2,1-2H3/t12?,13?,16-/m1/s1. The summed E-state index contributed by atoms with van der Waals surface area (Å²) in [6.07, 6.45) is 3.36. The molecule has 6 nitrogen and oxygen atoms in total. The normalized spacial score (nSPS) is 27.0. The van der Waals surface area contributed by atoms with Crippen LogP contribution in [-0.4, -0.2) is 44.5 Å². The van der Waals surface area contributed by atoms with Gasteiger partial charge < -0.3 is 9.47 Å². The first kappa shape index (κ1) is 17.2. The molecule has 24 heavy (non-hydrogen) atoms. The molecular formula is C17H23NO5S. The van der Waals surface area contributed by atoms with Gasteiger partial charge in [0.1, 0.15) is 11.8 Å². The number of carbonyl (C=O) groups is 1. The van der Waals surface area contributed by atoms with Gasteiger partial charge >= 0.3 is 5.97 Å². The van der Waals surface area contributed by atoms with Gasteiger partial charge in [-0.05, 0) is 62.8 Å². The third kappa shape index (κ3) is 2.91. The van der Waals surface area contributed by atoms with Crippen LogP contribution in [0.25, 0.3) is 0 Å². The van der Waals surface area contributed by atoms with Crippen molar-refractivity contribution < 1.29 is 22.7 Å². The van der Waals surface area contributed by atoms with Gasteiger partial charge in [-0.2, -0.15) is 4.31 Å². The van der Waals surface area contributed by atoms with Crippen LogP contribution < -0.4 is 4.74 Å². The van der Waals surface area contributed by atoms with Gasteiger partial charge in [0.25, 0.3) is 0 Å². The van der Waals surface area contributed by atoms with Crippen LogP contribution in [0.15, 0.2) is 29.2 Å². The predicted molar refractivity (Wildman–Crippen MR) is 88.2 cm³/mol. The first-order valence-corrected chi connectivity index (χ1v) is 9.77. The second-order valence-corrected chi connectivity index (χ2v) is 8.12. The molecule has 0 amide bonds. The van der Waals surface area contributed by atoms with E-state index in [-0.39, 0.29) is 23.5 Å². The second kappa shape index (κ2) is 6.72. The Morgan fingerprint density at radius 1 is 1.17 bits per heavy atom. The van der Waals surface area contributed by atoms with E-state index < -0.39 is 22.0 Å². The van der Waals surface area contributed by atoms with Crippen molar-refractivity contribution in [3.05, 3.63) is 24.3 Å². The molecule has 2 aliphatic heterocycles. The fourth-order valence-electron chi connectivity index (χ4n) is 3.85. The molecule has 1 saturated carbocycles. The average molecular weight is 353 g/mol. The van der Waals surface area contributed by atoms with Crippen molar-refractivity contribution >= 4 is 16.0 Å². The van der Waals surface area contributed by atoms with Gasteiger partial charge in [-0.1, -0.05) is 0 Å². The Kier molecular flexibility index (Phi) is 4.83. The van der Waals surface area contributed by atoms with Crippen LogP contribution in [-0.2, 0) is 19.6 Å². The van der Waals surface area contributed by atoms with Gasteiger partial charge in [0.05, 0.1) is 18.6 Å². The Balaban J connectivity index is 1.97. The Morgan fingerprint density at radius 2 is 1.79 bits per heavy atom. The molecule has 0 unspecified atom stereocenters. The molecule has 0 N–H and O–H groups in total. The van der Waals surface area contributed by atoms with E-state index in [1.165, 1.54) is 23.5 Å². The summed E-state index contributed by atoms with van der Waals surface area (Å²) in [6.45, 7) is 1.99. The van der Waals surface area contributed by atoms with Crippen LogP contribution in [0.4, 0.5) is 0 Å². The van der Waals surface area contributed by atoms with Gasteiger partial charge in [0.2, 0.25) is 10.0 Å². The molecule has 3 fully saturated rings. The minimum atomic E-state index is -3.75. The summed E-state index contributed by atoms with van der Waals surface area (Å²) in [6, 6.07) is 5.46. The Morgan fingerprint density at radius 3 is 2.33 bits per heavy atom. The van der Waals surface area contributed by atoms with Gasteiger partial charge in [0.15, 0.2) is 0 Å². The first-order chi connectivity index (χ1) is 11.5. The van der Waals surface area contributed by atoms with Crippen LogP contribution in [0.1, 0.15) is 32.6 Å². The number of rotatable bonds is 5. The van der Waals surface area contributed by atoms with Crippen LogP contribution in [0, 0.1) is 5.92 Å². The summed E-state index contributed by atoms with van der Waals surface area (Å²) in [7, 11) is -2.22. The van der Waals surface area contributed by atoms with E-state index in [0.717, 1.165) is 25.7 Å². The van der Waals surface area contributed by atoms with Crippen molar-refractivity contribution in [1.29, 1.82) is 0 Å². The van der Waals surface area contributed by atoms with E-state index in [4.69, 9.17) is 9.47 Å². The molecule has 2 heterocycles. The molecule has 3 aliphatic rings. The number of piperidine rings is 2. The van der Waals surface area contributed by atoms with Crippen molar-refractivity contribution in [3.8, 4) is 5.75 Å². The number of sulfonamides is 1. The van der Waals surface area contributed by atoms with E-state index >= 15 is 0 Å². The van der Waals surface area contributed by atoms with Crippen molar-refractivity contribution in [1.82, 2.24) is 4.31 Å². The minimum Gasteiger partial charge on any atom is -0.497 e. The molecule has 1 atom stereocenters. The maximum atomic E-state index is 13.2. The van der Waals surface area contributed by atoms with Crippen LogP contribution in [0.2, 0.25) is 0 Å². The van der Waals surface area contributed by atoms with Crippen molar-refractivity contribution in [2.45, 2.75) is 49.6 Å². The topological polar surface area (TPSA) is 72.9 Å². The van der Waals surface area contributed by atoms with Crippen molar-refractivity contribution in [2.24, 2.45) is 5.92 Å². The highest BCUT2D eigenvalue weighted by atomic mass is 32.2. The summed E-state index contributed by atoms with van der Waals surface area (Å²) in [5.41, 5.74) is 0. The zero-order chi connectivity index (χ0) is 17.3. The fraction of sp³-hybridized carbons (Fsp3) is 0.588. The summed E-state index contributed by atoms with van der Waals surface area (Å²) in [4.78, 5) is 12.6. The first-order valence-electron chi connectivity index (χ1n) is 8.33. The molecule has 7 heteroatoms. The quantitative estimate of drug-likeness (QED) is 0.759. The Hall–Kier alpha value is -1.60. The lowest BCUT2D eigenvalue weighted by Crippen LogP contribution is -2.60. The fourth-order valence-corrected chi connectivity index (χ4v) is 5.73. The number of hydrogen-bond acceptors (Lipinski definition) is 5. The molecule has 1 aromatic carbocycles. The van der Waals surface area contributed by atoms with E-state index in [9.17, 15) is 13.2 Å². The number of fused-ring (bicyclic) bond motifs is 3. The smallest absolute Gasteiger partial charge is 0.324 e. The number of carbonyl (C=O) groups excluding carboxylic acids is 1. The van der Waals surface area contributed by atoms with Gasteiger partial charge in [-0.25, -0.2) is 8.42 Å². The molecule has 0 radical (unpaired) electrons. The monoisotopic (exact) mass is 353 g/mol. The maximum absolute atomic E-state index is 13.2. The number of benzene rings is 1. The lowest BCUT2D eigenvalue weighted by molar-refractivity contribution is -0.154. The number of methoxy groups -OCH3 is 1. The zero-order valence-corrected chi connectivity index (χ0v) is 14.8. The third-order valence-electron chi connectivity index (χ3n) is 4.98.